The highest BCUT2D eigenvalue weighted by Crippen LogP contribution is 2.42. The van der Waals surface area contributed by atoms with Crippen molar-refractivity contribution in [3.8, 4) is 11.3 Å². The molecule has 5 heterocycles. The lowest BCUT2D eigenvalue weighted by atomic mass is 9.70. The summed E-state index contributed by atoms with van der Waals surface area (Å²) in [5.74, 6) is -3.55. The molecule has 0 saturated carbocycles. The molecule has 2 aromatic heterocycles. The van der Waals surface area contributed by atoms with Gasteiger partial charge in [-0.15, -0.1) is 0 Å². The summed E-state index contributed by atoms with van der Waals surface area (Å²) in [4.78, 5) is 64.5. The summed E-state index contributed by atoms with van der Waals surface area (Å²) >= 11 is 0. The first-order valence-electron chi connectivity index (χ1n) is 19.8. The summed E-state index contributed by atoms with van der Waals surface area (Å²) < 4.78 is 27.0. The minimum Gasteiger partial charge on any atom is -0.458 e. The Morgan fingerprint density at radius 3 is 2.43 bits per heavy atom. The Morgan fingerprint density at radius 2 is 1.74 bits per heavy atom. The zero-order valence-electron chi connectivity index (χ0n) is 33.7. The average Bonchev–Trinajstić information content (AvgIpc) is 3.75. The third-order valence-electron chi connectivity index (χ3n) is 12.0. The van der Waals surface area contributed by atoms with Crippen LogP contribution in [0.25, 0.3) is 11.3 Å². The van der Waals surface area contributed by atoms with E-state index in [1.165, 1.54) is 5.01 Å². The molecule has 3 aliphatic heterocycles. The van der Waals surface area contributed by atoms with Crippen LogP contribution >= 0.6 is 0 Å². The fourth-order valence-corrected chi connectivity index (χ4v) is 8.70. The molecule has 0 aliphatic carbocycles. The van der Waals surface area contributed by atoms with Gasteiger partial charge in [0.05, 0.1) is 24.2 Å². The van der Waals surface area contributed by atoms with Crippen LogP contribution in [0, 0.1) is 40.9 Å². The van der Waals surface area contributed by atoms with Gasteiger partial charge in [-0.05, 0) is 63.0 Å². The number of rotatable bonds is 9. The van der Waals surface area contributed by atoms with E-state index in [-0.39, 0.29) is 23.6 Å². The Kier molecular flexibility index (Phi) is 13.4. The van der Waals surface area contributed by atoms with Crippen molar-refractivity contribution >= 4 is 23.6 Å². The minimum atomic E-state index is -1.09. The molecule has 1 amide bonds. The van der Waals surface area contributed by atoms with Crippen LogP contribution in [-0.2, 0) is 39.9 Å². The van der Waals surface area contributed by atoms with Crippen molar-refractivity contribution in [2.75, 3.05) is 6.54 Å². The molecule has 54 heavy (non-hydrogen) atoms. The number of aryl methyl sites for hydroxylation is 1. The number of ketones is 2. The average molecular weight is 752 g/mol. The van der Waals surface area contributed by atoms with Gasteiger partial charge in [0.1, 0.15) is 23.8 Å². The molecule has 0 spiro atoms. The highest BCUT2D eigenvalue weighted by Gasteiger charge is 2.53. The van der Waals surface area contributed by atoms with Crippen LogP contribution in [0.2, 0.25) is 0 Å². The van der Waals surface area contributed by atoms with Gasteiger partial charge in [0.2, 0.25) is 0 Å². The second-order valence-corrected chi connectivity index (χ2v) is 16.7. The van der Waals surface area contributed by atoms with E-state index in [4.69, 9.17) is 18.9 Å². The summed E-state index contributed by atoms with van der Waals surface area (Å²) in [5.41, 5.74) is 4.29. The van der Waals surface area contributed by atoms with Crippen LogP contribution in [0.5, 0.6) is 0 Å². The molecule has 13 nitrogen and oxygen atoms in total. The van der Waals surface area contributed by atoms with E-state index in [0.717, 1.165) is 17.7 Å². The smallest absolute Gasteiger partial charge is 0.425 e. The van der Waals surface area contributed by atoms with Crippen LogP contribution in [0.3, 0.4) is 0 Å². The quantitative estimate of drug-likeness (QED) is 0.176. The molecular weight excluding hydrogens is 690 g/mol. The monoisotopic (exact) mass is 751 g/mol. The number of imidazole rings is 1. The van der Waals surface area contributed by atoms with E-state index in [1.807, 2.05) is 64.4 Å². The van der Waals surface area contributed by atoms with Gasteiger partial charge in [0.25, 0.3) is 0 Å². The topological polar surface area (TPSA) is 151 Å². The number of nitrogens with one attached hydrogen (secondary N) is 1. The van der Waals surface area contributed by atoms with E-state index < -0.39 is 71.8 Å². The second-order valence-electron chi connectivity index (χ2n) is 16.7. The van der Waals surface area contributed by atoms with Crippen LogP contribution in [-0.4, -0.2) is 86.5 Å². The lowest BCUT2D eigenvalue weighted by Crippen LogP contribution is -2.55. The largest absolute Gasteiger partial charge is 0.458 e. The molecule has 13 heteroatoms. The zero-order valence-corrected chi connectivity index (χ0v) is 33.7. The highest BCUT2D eigenvalue weighted by molar-refractivity contribution is 6.00. The predicted molar refractivity (Wildman–Crippen MR) is 201 cm³/mol. The Balaban J connectivity index is 1.38. The Bertz CT molecular complexity index is 1620. The Hall–Kier alpha value is -3.68. The SMILES string of the molecule is CC[C@H]1OC(=O)[C@H](C)C(=O)[C@H](C)[C@@H](OC2O[C@H](C)C[C@H](C)[C@H]2C)C(C)(C)C[C@@H](C)C(=O)[C@H](C)[C@@H]2C1OC(=O)N2NCCCn1cnc(-c2cccnc2)c1. The maximum Gasteiger partial charge on any atom is 0.425 e. The number of esters is 1. The molecular formula is C41H61N5O8. The molecule has 0 radical (unpaired) electrons. The van der Waals surface area contributed by atoms with Gasteiger partial charge in [-0.1, -0.05) is 55.4 Å². The van der Waals surface area contributed by atoms with Crippen molar-refractivity contribution in [1.82, 2.24) is 25.0 Å². The van der Waals surface area contributed by atoms with Crippen LogP contribution in [0.15, 0.2) is 37.1 Å². The molecule has 298 valence electrons. The lowest BCUT2D eigenvalue weighted by molar-refractivity contribution is -0.267. The molecule has 2 unspecified atom stereocenters. The first kappa shape index (κ1) is 41.5. The standard InChI is InChI=1S/C41H61N5O8/c1-11-32-36-33(46(40(50)53-36)44-16-13-17-45-21-31(43-22-45)30-14-12-15-42-20-30)27(6)34(47)24(3)19-41(9,10)37(28(7)35(48)29(8)38(49)52-32)54-39-26(5)23(2)18-25(4)51-39/h12,14-15,20-29,32-33,36-37,39,44H,11,13,16-19H2,1-10H3/t23-,24+,25+,26+,27+,28-,29+,32+,33+,36?,37+,39?/m0/s1. The zero-order chi connectivity index (χ0) is 39.5. The molecule has 2 aromatic rings. The number of Topliss-reactive ketones (excluding diaryl/α,β-unsaturated/α-hetero) is 2. The molecule has 12 atom stereocenters. The molecule has 0 bridgehead atoms. The number of amides is 1. The maximum absolute atomic E-state index is 14.4. The number of hydrazine groups is 1. The summed E-state index contributed by atoms with van der Waals surface area (Å²) in [5, 5.41) is 1.40. The van der Waals surface area contributed by atoms with E-state index >= 15 is 0 Å². The number of aromatic nitrogens is 3. The number of pyridine rings is 1. The second kappa shape index (κ2) is 17.4. The van der Waals surface area contributed by atoms with Gasteiger partial charge in [0, 0.05) is 60.9 Å². The van der Waals surface area contributed by atoms with Crippen molar-refractivity contribution in [2.24, 2.45) is 40.9 Å². The van der Waals surface area contributed by atoms with E-state index in [9.17, 15) is 19.2 Å². The number of cyclic esters (lactones) is 1. The fraction of sp³-hybridized carbons (Fsp3) is 0.707. The molecule has 3 fully saturated rings. The number of ether oxygens (including phenoxy) is 4. The highest BCUT2D eigenvalue weighted by atomic mass is 16.7. The van der Waals surface area contributed by atoms with Crippen molar-refractivity contribution in [3.05, 3.63) is 37.1 Å². The van der Waals surface area contributed by atoms with Gasteiger partial charge in [-0.3, -0.25) is 19.4 Å². The first-order chi connectivity index (χ1) is 25.5. The summed E-state index contributed by atoms with van der Waals surface area (Å²) in [7, 11) is 0. The van der Waals surface area contributed by atoms with Crippen molar-refractivity contribution < 1.29 is 38.1 Å². The van der Waals surface area contributed by atoms with Gasteiger partial charge in [0.15, 0.2) is 18.2 Å². The molecule has 3 aliphatic rings. The third-order valence-corrected chi connectivity index (χ3v) is 12.0. The number of nitrogens with zero attached hydrogens (tertiary/aromatic N) is 4. The van der Waals surface area contributed by atoms with Gasteiger partial charge >= 0.3 is 12.1 Å². The molecule has 3 saturated heterocycles. The maximum atomic E-state index is 14.4. The Labute approximate surface area is 320 Å². The first-order valence-corrected chi connectivity index (χ1v) is 19.8. The van der Waals surface area contributed by atoms with E-state index in [0.29, 0.717) is 38.3 Å². The number of hydrogen-bond donors (Lipinski definition) is 1. The van der Waals surface area contributed by atoms with Crippen LogP contribution < -0.4 is 5.43 Å². The van der Waals surface area contributed by atoms with Crippen molar-refractivity contribution in [3.63, 3.8) is 0 Å². The fourth-order valence-electron chi connectivity index (χ4n) is 8.70. The molecule has 1 N–H and O–H groups in total. The predicted octanol–water partition coefficient (Wildman–Crippen LogP) is 6.26. The number of carbonyl (C=O) groups excluding carboxylic acids is 4. The van der Waals surface area contributed by atoms with Crippen molar-refractivity contribution in [2.45, 2.75) is 138 Å². The van der Waals surface area contributed by atoms with Crippen LogP contribution in [0.1, 0.15) is 94.9 Å². The van der Waals surface area contributed by atoms with Crippen LogP contribution in [0.4, 0.5) is 4.79 Å². The summed E-state index contributed by atoms with van der Waals surface area (Å²) in [6.07, 6.45) is 5.81. The van der Waals surface area contributed by atoms with E-state index in [1.54, 1.807) is 32.6 Å². The normalized spacial score (nSPS) is 35.3. The van der Waals surface area contributed by atoms with Gasteiger partial charge < -0.3 is 23.5 Å². The van der Waals surface area contributed by atoms with Gasteiger partial charge in [-0.25, -0.2) is 20.2 Å². The molecule has 0 aromatic carbocycles. The minimum absolute atomic E-state index is 0.00735. The number of fused-ring (bicyclic) bond motifs is 1. The summed E-state index contributed by atoms with van der Waals surface area (Å²) in [6, 6.07) is 3.05. The third kappa shape index (κ3) is 9.05. The number of hydrogen-bond acceptors (Lipinski definition) is 11. The van der Waals surface area contributed by atoms with Gasteiger partial charge in [-0.2, -0.15) is 0 Å². The summed E-state index contributed by atoms with van der Waals surface area (Å²) in [6.45, 7) is 20.3. The lowest BCUT2D eigenvalue weighted by Gasteiger charge is -2.45. The number of carbonyl (C=O) groups is 4. The van der Waals surface area contributed by atoms with Crippen molar-refractivity contribution in [1.29, 1.82) is 0 Å². The van der Waals surface area contributed by atoms with E-state index in [2.05, 4.69) is 29.2 Å². The Morgan fingerprint density at radius 1 is 1.00 bits per heavy atom. The molecule has 5 rings (SSSR count).